The summed E-state index contributed by atoms with van der Waals surface area (Å²) >= 11 is 0. The molecule has 19 heavy (non-hydrogen) atoms. The van der Waals surface area contributed by atoms with Crippen LogP contribution in [0.5, 0.6) is 0 Å². The summed E-state index contributed by atoms with van der Waals surface area (Å²) in [6.07, 6.45) is 1.97. The largest absolute Gasteiger partial charge is 0.336 e. The highest BCUT2D eigenvalue weighted by molar-refractivity contribution is 7.89. The molecule has 0 unspecified atom stereocenters. The minimum Gasteiger partial charge on any atom is -0.336 e. The average Bonchev–Trinajstić information content (AvgIpc) is 2.28. The second kappa shape index (κ2) is 7.09. The molecule has 0 atom stereocenters. The molecule has 0 aromatic rings. The maximum atomic E-state index is 11.8. The number of amides is 2. The number of nitrogens with one attached hydrogen (secondary N) is 2. The van der Waals surface area contributed by atoms with Gasteiger partial charge in [-0.3, -0.25) is 0 Å². The number of carbonyl (C=O) groups is 1. The summed E-state index contributed by atoms with van der Waals surface area (Å²) in [6.45, 7) is 6.88. The minimum absolute atomic E-state index is 0.0420. The maximum absolute atomic E-state index is 11.8. The number of hydrogen-bond acceptors (Lipinski definition) is 3. The van der Waals surface area contributed by atoms with E-state index in [-0.39, 0.29) is 23.9 Å². The van der Waals surface area contributed by atoms with Crippen molar-refractivity contribution >= 4 is 16.1 Å². The summed E-state index contributed by atoms with van der Waals surface area (Å²) in [4.78, 5) is 13.5. The molecule has 6 nitrogen and oxygen atoms in total. The van der Waals surface area contributed by atoms with Crippen molar-refractivity contribution in [2.24, 2.45) is 0 Å². The molecule has 0 spiro atoms. The van der Waals surface area contributed by atoms with Crippen LogP contribution in [-0.4, -0.2) is 50.3 Å². The van der Waals surface area contributed by atoms with Gasteiger partial charge in [0.2, 0.25) is 10.0 Å². The van der Waals surface area contributed by atoms with Gasteiger partial charge in [-0.15, -0.1) is 0 Å². The molecule has 1 aliphatic rings. The van der Waals surface area contributed by atoms with Crippen LogP contribution in [0.2, 0.25) is 0 Å². The average molecular weight is 291 g/mol. The van der Waals surface area contributed by atoms with E-state index in [0.29, 0.717) is 32.4 Å². The predicted octanol–water partition coefficient (Wildman–Crippen LogP) is 0.898. The molecule has 0 bridgehead atoms. The SMILES string of the molecule is CCCS(=O)(=O)NC1CCN(C(=O)NC(C)C)CC1. The number of urea groups is 1. The maximum Gasteiger partial charge on any atom is 0.317 e. The number of nitrogens with zero attached hydrogens (tertiary/aromatic N) is 1. The zero-order valence-corrected chi connectivity index (χ0v) is 12.8. The van der Waals surface area contributed by atoms with Crippen LogP contribution in [-0.2, 0) is 10.0 Å². The minimum atomic E-state index is -3.16. The standard InChI is InChI=1S/C12H25N3O3S/c1-4-9-19(17,18)14-11-5-7-15(8-6-11)12(16)13-10(2)3/h10-11,14H,4-9H2,1-3H3,(H,13,16). The van der Waals surface area contributed by atoms with Crippen molar-refractivity contribution in [3.63, 3.8) is 0 Å². The van der Waals surface area contributed by atoms with Crippen LogP contribution >= 0.6 is 0 Å². The molecule has 0 aliphatic carbocycles. The molecule has 0 aromatic carbocycles. The van der Waals surface area contributed by atoms with E-state index in [9.17, 15) is 13.2 Å². The van der Waals surface area contributed by atoms with E-state index in [1.165, 1.54) is 0 Å². The summed E-state index contributed by atoms with van der Waals surface area (Å²) in [5.41, 5.74) is 0. The lowest BCUT2D eigenvalue weighted by Crippen LogP contribution is -2.50. The molecule has 2 amide bonds. The molecule has 1 heterocycles. The number of piperidine rings is 1. The Morgan fingerprint density at radius 2 is 1.89 bits per heavy atom. The van der Waals surface area contributed by atoms with E-state index in [4.69, 9.17) is 0 Å². The van der Waals surface area contributed by atoms with Crippen LogP contribution < -0.4 is 10.0 Å². The summed E-state index contributed by atoms with van der Waals surface area (Å²) < 4.78 is 26.0. The molecule has 0 radical (unpaired) electrons. The smallest absolute Gasteiger partial charge is 0.317 e. The highest BCUT2D eigenvalue weighted by atomic mass is 32.2. The molecule has 0 aromatic heterocycles. The molecule has 0 saturated carbocycles. The van der Waals surface area contributed by atoms with Crippen molar-refractivity contribution in [1.29, 1.82) is 0 Å². The second-order valence-corrected chi connectivity index (χ2v) is 7.18. The van der Waals surface area contributed by atoms with Gasteiger partial charge in [0.15, 0.2) is 0 Å². The van der Waals surface area contributed by atoms with Crippen LogP contribution in [0.15, 0.2) is 0 Å². The Bertz CT molecular complexity index is 387. The van der Waals surface area contributed by atoms with Gasteiger partial charge in [0.25, 0.3) is 0 Å². The number of hydrogen-bond donors (Lipinski definition) is 2. The molecule has 1 aliphatic heterocycles. The van der Waals surface area contributed by atoms with Gasteiger partial charge >= 0.3 is 6.03 Å². The monoisotopic (exact) mass is 291 g/mol. The first kappa shape index (κ1) is 16.2. The van der Waals surface area contributed by atoms with Gasteiger partial charge < -0.3 is 10.2 Å². The molecule has 2 N–H and O–H groups in total. The number of sulfonamides is 1. The molecule has 7 heteroatoms. The highest BCUT2D eigenvalue weighted by Crippen LogP contribution is 2.11. The summed E-state index contributed by atoms with van der Waals surface area (Å²) in [5.74, 6) is 0.168. The second-order valence-electron chi connectivity index (χ2n) is 5.30. The van der Waals surface area contributed by atoms with Crippen molar-refractivity contribution in [1.82, 2.24) is 14.9 Å². The van der Waals surface area contributed by atoms with Crippen LogP contribution in [0.4, 0.5) is 4.79 Å². The molecular weight excluding hydrogens is 266 g/mol. The Hall–Kier alpha value is -0.820. The summed E-state index contributed by atoms with van der Waals surface area (Å²) in [5, 5.41) is 2.84. The van der Waals surface area contributed by atoms with Gasteiger partial charge in [-0.25, -0.2) is 17.9 Å². The van der Waals surface area contributed by atoms with Crippen molar-refractivity contribution in [2.45, 2.75) is 52.1 Å². The van der Waals surface area contributed by atoms with Gasteiger partial charge in [-0.2, -0.15) is 0 Å². The molecule has 1 fully saturated rings. The van der Waals surface area contributed by atoms with Gasteiger partial charge in [-0.1, -0.05) is 6.92 Å². The third kappa shape index (κ3) is 5.78. The van der Waals surface area contributed by atoms with Crippen molar-refractivity contribution in [3.05, 3.63) is 0 Å². The van der Waals surface area contributed by atoms with E-state index in [1.54, 1.807) is 4.90 Å². The summed E-state index contributed by atoms with van der Waals surface area (Å²) in [6, 6.07) is 0.0118. The Morgan fingerprint density at radius 1 is 1.32 bits per heavy atom. The van der Waals surface area contributed by atoms with Crippen molar-refractivity contribution < 1.29 is 13.2 Å². The first-order valence-corrected chi connectivity index (χ1v) is 8.54. The first-order chi connectivity index (χ1) is 8.84. The molecular formula is C12H25N3O3S. The Balaban J connectivity index is 2.39. The van der Waals surface area contributed by atoms with Crippen molar-refractivity contribution in [3.8, 4) is 0 Å². The van der Waals surface area contributed by atoms with E-state index < -0.39 is 10.0 Å². The zero-order chi connectivity index (χ0) is 14.5. The third-order valence-corrected chi connectivity index (χ3v) is 4.65. The van der Waals surface area contributed by atoms with E-state index >= 15 is 0 Å². The lowest BCUT2D eigenvalue weighted by Gasteiger charge is -2.32. The van der Waals surface area contributed by atoms with Crippen LogP contribution in [0.1, 0.15) is 40.0 Å². The van der Waals surface area contributed by atoms with Crippen molar-refractivity contribution in [2.75, 3.05) is 18.8 Å². The molecule has 112 valence electrons. The van der Waals surface area contributed by atoms with Gasteiger partial charge in [0, 0.05) is 25.2 Å². The van der Waals surface area contributed by atoms with E-state index in [0.717, 1.165) is 0 Å². The fraction of sp³-hybridized carbons (Fsp3) is 0.917. The van der Waals surface area contributed by atoms with Crippen LogP contribution in [0.3, 0.4) is 0 Å². The van der Waals surface area contributed by atoms with Crippen LogP contribution in [0.25, 0.3) is 0 Å². The zero-order valence-electron chi connectivity index (χ0n) is 12.0. The van der Waals surface area contributed by atoms with Gasteiger partial charge in [0.05, 0.1) is 5.75 Å². The quantitative estimate of drug-likeness (QED) is 0.790. The van der Waals surface area contributed by atoms with Gasteiger partial charge in [-0.05, 0) is 33.1 Å². The van der Waals surface area contributed by atoms with Crippen LogP contribution in [0, 0.1) is 0 Å². The Labute approximate surface area is 116 Å². The lowest BCUT2D eigenvalue weighted by atomic mass is 10.1. The Kier molecular flexibility index (Phi) is 6.06. The lowest BCUT2D eigenvalue weighted by molar-refractivity contribution is 0.177. The van der Waals surface area contributed by atoms with Gasteiger partial charge in [0.1, 0.15) is 0 Å². The Morgan fingerprint density at radius 3 is 2.37 bits per heavy atom. The molecule has 1 saturated heterocycles. The number of carbonyl (C=O) groups excluding carboxylic acids is 1. The van der Waals surface area contributed by atoms with E-state index in [2.05, 4.69) is 10.0 Å². The topological polar surface area (TPSA) is 78.5 Å². The first-order valence-electron chi connectivity index (χ1n) is 6.89. The third-order valence-electron chi connectivity index (χ3n) is 3.01. The summed E-state index contributed by atoms with van der Waals surface area (Å²) in [7, 11) is -3.16. The highest BCUT2D eigenvalue weighted by Gasteiger charge is 2.25. The molecule has 1 rings (SSSR count). The number of likely N-dealkylation sites (tertiary alicyclic amines) is 1. The number of rotatable bonds is 5. The normalized spacial score (nSPS) is 17.8. The fourth-order valence-corrected chi connectivity index (χ4v) is 3.52. The fourth-order valence-electron chi connectivity index (χ4n) is 2.12. The van der Waals surface area contributed by atoms with E-state index in [1.807, 2.05) is 20.8 Å². The predicted molar refractivity (Wildman–Crippen MR) is 75.5 cm³/mol.